The van der Waals surface area contributed by atoms with Crippen LogP contribution in [0.4, 0.5) is 0 Å². The maximum absolute atomic E-state index is 12.5. The van der Waals surface area contributed by atoms with Crippen LogP contribution in [0.3, 0.4) is 0 Å². The molecule has 0 fully saturated rings. The highest BCUT2D eigenvalue weighted by Gasteiger charge is 2.35. The molecule has 0 aliphatic carbocycles. The summed E-state index contributed by atoms with van der Waals surface area (Å²) >= 11 is 0. The van der Waals surface area contributed by atoms with Gasteiger partial charge in [-0.3, -0.25) is 14.5 Å². The normalized spacial score (nSPS) is 13.3. The van der Waals surface area contributed by atoms with E-state index >= 15 is 0 Å². The van der Waals surface area contributed by atoms with E-state index in [1.54, 1.807) is 24.3 Å². The van der Waals surface area contributed by atoms with Crippen LogP contribution in [0, 0.1) is 0 Å². The fourth-order valence-electron chi connectivity index (χ4n) is 3.60. The second-order valence-corrected chi connectivity index (χ2v) is 6.63. The molecule has 0 radical (unpaired) electrons. The Labute approximate surface area is 158 Å². The first-order valence-corrected chi connectivity index (χ1v) is 9.14. The molecule has 3 aromatic rings. The summed E-state index contributed by atoms with van der Waals surface area (Å²) in [5.41, 5.74) is 3.41. The number of amides is 2. The molecular formula is C23H21N2O2+. The van der Waals surface area contributed by atoms with Gasteiger partial charge in [0.2, 0.25) is 0 Å². The molecule has 1 aliphatic heterocycles. The molecule has 0 saturated heterocycles. The molecule has 2 N–H and O–H groups in total. The smallest absolute Gasteiger partial charge is 0.261 e. The van der Waals surface area contributed by atoms with Crippen molar-refractivity contribution in [1.29, 1.82) is 0 Å². The summed E-state index contributed by atoms with van der Waals surface area (Å²) in [4.78, 5) is 26.4. The van der Waals surface area contributed by atoms with Crippen LogP contribution in [0.25, 0.3) is 0 Å². The first-order valence-electron chi connectivity index (χ1n) is 9.14. The van der Waals surface area contributed by atoms with Crippen molar-refractivity contribution in [1.82, 2.24) is 4.90 Å². The van der Waals surface area contributed by atoms with E-state index in [9.17, 15) is 9.59 Å². The van der Waals surface area contributed by atoms with Crippen LogP contribution in [-0.2, 0) is 0 Å². The molecule has 1 aliphatic rings. The molecule has 0 saturated carbocycles. The van der Waals surface area contributed by atoms with Gasteiger partial charge in [0.05, 0.1) is 24.2 Å². The molecule has 0 unspecified atom stereocenters. The molecule has 0 spiro atoms. The van der Waals surface area contributed by atoms with Gasteiger partial charge in [-0.05, 0) is 12.1 Å². The second-order valence-electron chi connectivity index (χ2n) is 6.63. The Kier molecular flexibility index (Phi) is 4.81. The van der Waals surface area contributed by atoms with Crippen molar-refractivity contribution >= 4 is 11.8 Å². The van der Waals surface area contributed by atoms with E-state index in [1.807, 2.05) is 36.4 Å². The van der Waals surface area contributed by atoms with E-state index in [0.717, 1.165) is 0 Å². The van der Waals surface area contributed by atoms with Crippen molar-refractivity contribution in [2.24, 2.45) is 0 Å². The number of quaternary nitrogens is 1. The zero-order valence-corrected chi connectivity index (χ0v) is 14.9. The van der Waals surface area contributed by atoms with Crippen molar-refractivity contribution in [2.75, 3.05) is 13.1 Å². The Balaban J connectivity index is 1.48. The molecule has 0 aromatic heterocycles. The van der Waals surface area contributed by atoms with Gasteiger partial charge in [0.15, 0.2) is 0 Å². The first-order chi connectivity index (χ1) is 13.3. The molecule has 1 heterocycles. The van der Waals surface area contributed by atoms with Crippen LogP contribution in [0.2, 0.25) is 0 Å². The van der Waals surface area contributed by atoms with E-state index in [1.165, 1.54) is 16.0 Å². The van der Waals surface area contributed by atoms with Crippen molar-refractivity contribution in [3.05, 3.63) is 107 Å². The number of nitrogens with two attached hydrogens (primary N) is 1. The minimum Gasteiger partial charge on any atom is -0.335 e. The maximum Gasteiger partial charge on any atom is 0.261 e. The molecule has 0 bridgehead atoms. The summed E-state index contributed by atoms with van der Waals surface area (Å²) in [7, 11) is 0. The number of benzene rings is 3. The Hall–Kier alpha value is -3.24. The zero-order chi connectivity index (χ0) is 18.6. The molecule has 134 valence electrons. The van der Waals surface area contributed by atoms with Crippen molar-refractivity contribution in [3.8, 4) is 0 Å². The molecule has 4 heteroatoms. The van der Waals surface area contributed by atoms with Gasteiger partial charge in [-0.15, -0.1) is 0 Å². The molecule has 4 nitrogen and oxygen atoms in total. The number of hydrogen-bond acceptors (Lipinski definition) is 2. The minimum atomic E-state index is -0.194. The molecular weight excluding hydrogens is 336 g/mol. The maximum atomic E-state index is 12.5. The number of carbonyl (C=O) groups excluding carboxylic acids is 2. The van der Waals surface area contributed by atoms with Gasteiger partial charge in [0.1, 0.15) is 6.04 Å². The summed E-state index contributed by atoms with van der Waals surface area (Å²) in [6.07, 6.45) is 0. The predicted octanol–water partition coefficient (Wildman–Crippen LogP) is 2.64. The summed E-state index contributed by atoms with van der Waals surface area (Å²) in [5, 5.41) is 2.19. The van der Waals surface area contributed by atoms with Crippen LogP contribution in [0.5, 0.6) is 0 Å². The van der Waals surface area contributed by atoms with E-state index in [-0.39, 0.29) is 17.9 Å². The van der Waals surface area contributed by atoms with Crippen LogP contribution in [-0.4, -0.2) is 29.8 Å². The lowest BCUT2D eigenvalue weighted by Gasteiger charge is -2.19. The third-order valence-electron chi connectivity index (χ3n) is 4.95. The molecule has 0 atom stereocenters. The Bertz CT molecular complexity index is 880. The molecule has 3 aromatic carbocycles. The molecule has 2 amide bonds. The average Bonchev–Trinajstić information content (AvgIpc) is 2.97. The summed E-state index contributed by atoms with van der Waals surface area (Å²) in [6.45, 7) is 1.03. The lowest BCUT2D eigenvalue weighted by atomic mass is 9.99. The highest BCUT2D eigenvalue weighted by atomic mass is 16.2. The van der Waals surface area contributed by atoms with Crippen LogP contribution >= 0.6 is 0 Å². The number of nitrogens with zero attached hydrogens (tertiary/aromatic N) is 1. The second kappa shape index (κ2) is 7.56. The van der Waals surface area contributed by atoms with Crippen molar-refractivity contribution < 1.29 is 14.9 Å². The Morgan fingerprint density at radius 3 is 1.59 bits per heavy atom. The summed E-state index contributed by atoms with van der Waals surface area (Å²) in [5.74, 6) is -0.389. The van der Waals surface area contributed by atoms with E-state index < -0.39 is 0 Å². The Morgan fingerprint density at radius 2 is 1.11 bits per heavy atom. The predicted molar refractivity (Wildman–Crippen MR) is 103 cm³/mol. The zero-order valence-electron chi connectivity index (χ0n) is 14.9. The van der Waals surface area contributed by atoms with Gasteiger partial charge in [-0.25, -0.2) is 0 Å². The van der Waals surface area contributed by atoms with Crippen molar-refractivity contribution in [2.45, 2.75) is 6.04 Å². The number of hydrogen-bond donors (Lipinski definition) is 1. The van der Waals surface area contributed by atoms with Crippen LogP contribution in [0.15, 0.2) is 84.9 Å². The van der Waals surface area contributed by atoms with Crippen molar-refractivity contribution in [3.63, 3.8) is 0 Å². The monoisotopic (exact) mass is 357 g/mol. The van der Waals surface area contributed by atoms with E-state index in [0.29, 0.717) is 24.2 Å². The number of rotatable bonds is 6. The summed E-state index contributed by atoms with van der Waals surface area (Å²) < 4.78 is 0. The highest BCUT2D eigenvalue weighted by molar-refractivity contribution is 6.21. The third-order valence-corrected chi connectivity index (χ3v) is 4.95. The molecule has 4 rings (SSSR count). The number of fused-ring (bicyclic) bond motifs is 1. The van der Waals surface area contributed by atoms with E-state index in [2.05, 4.69) is 29.6 Å². The number of imide groups is 1. The van der Waals surface area contributed by atoms with Gasteiger partial charge in [-0.2, -0.15) is 0 Å². The quantitative estimate of drug-likeness (QED) is 0.690. The van der Waals surface area contributed by atoms with E-state index in [4.69, 9.17) is 0 Å². The first kappa shape index (κ1) is 17.2. The largest absolute Gasteiger partial charge is 0.335 e. The third kappa shape index (κ3) is 3.39. The number of carbonyl (C=O) groups is 2. The van der Waals surface area contributed by atoms with Gasteiger partial charge < -0.3 is 5.32 Å². The standard InChI is InChI=1S/C23H20N2O2/c26-22-19-13-7-8-14-20(19)23(27)25(22)16-15-24-21(17-9-3-1-4-10-17)18-11-5-2-6-12-18/h1-14,21,24H,15-16H2/p+1. The van der Waals surface area contributed by atoms with Gasteiger partial charge in [-0.1, -0.05) is 72.8 Å². The van der Waals surface area contributed by atoms with Gasteiger partial charge in [0.25, 0.3) is 11.8 Å². The fourth-order valence-corrected chi connectivity index (χ4v) is 3.60. The SMILES string of the molecule is O=C1c2ccccc2C(=O)N1CC[NH2+]C(c1ccccc1)c1ccccc1. The minimum absolute atomic E-state index is 0.127. The topological polar surface area (TPSA) is 54.0 Å². The highest BCUT2D eigenvalue weighted by Crippen LogP contribution is 2.22. The van der Waals surface area contributed by atoms with Gasteiger partial charge in [0, 0.05) is 11.1 Å². The van der Waals surface area contributed by atoms with Crippen LogP contribution in [0.1, 0.15) is 37.9 Å². The fraction of sp³-hybridized carbons (Fsp3) is 0.130. The lowest BCUT2D eigenvalue weighted by Crippen LogP contribution is -2.87. The van der Waals surface area contributed by atoms with Crippen LogP contribution < -0.4 is 5.32 Å². The average molecular weight is 357 g/mol. The summed E-state index contributed by atoms with van der Waals surface area (Å²) in [6, 6.07) is 27.7. The lowest BCUT2D eigenvalue weighted by molar-refractivity contribution is -0.686. The molecule has 27 heavy (non-hydrogen) atoms. The Morgan fingerprint density at radius 1 is 0.667 bits per heavy atom. The van der Waals surface area contributed by atoms with Gasteiger partial charge >= 0.3 is 0 Å².